The van der Waals surface area contributed by atoms with Gasteiger partial charge in [-0.25, -0.2) is 9.97 Å². The van der Waals surface area contributed by atoms with Crippen LogP contribution in [0.4, 0.5) is 19.0 Å². The summed E-state index contributed by atoms with van der Waals surface area (Å²) in [7, 11) is 0. The van der Waals surface area contributed by atoms with E-state index in [1.54, 1.807) is 17.7 Å². The number of anilines is 1. The fourth-order valence-electron chi connectivity index (χ4n) is 4.14. The van der Waals surface area contributed by atoms with Crippen molar-refractivity contribution in [2.45, 2.75) is 58.0 Å². The molecule has 9 heteroatoms. The second-order valence-corrected chi connectivity index (χ2v) is 8.31. The summed E-state index contributed by atoms with van der Waals surface area (Å²) in [4.78, 5) is 21.3. The highest BCUT2D eigenvalue weighted by Crippen LogP contribution is 2.38. The van der Waals surface area contributed by atoms with Crippen molar-refractivity contribution in [2.75, 3.05) is 5.32 Å². The third-order valence-corrected chi connectivity index (χ3v) is 6.10. The molecule has 2 N–H and O–H groups in total. The highest BCUT2D eigenvalue weighted by Gasteiger charge is 2.35. The predicted octanol–water partition coefficient (Wildman–Crippen LogP) is 4.43. The lowest BCUT2D eigenvalue weighted by atomic mass is 9.78. The van der Waals surface area contributed by atoms with Crippen LogP contribution in [0.15, 0.2) is 35.3 Å². The normalized spacial score (nSPS) is 16.7. The number of pyridine rings is 1. The highest BCUT2D eigenvalue weighted by molar-refractivity contribution is 5.88. The molecule has 2 aromatic heterocycles. The van der Waals surface area contributed by atoms with Crippen LogP contribution in [0, 0.1) is 13.8 Å². The van der Waals surface area contributed by atoms with Gasteiger partial charge in [0, 0.05) is 23.4 Å². The molecule has 0 saturated heterocycles. The molecule has 0 amide bonds. The molecule has 2 heterocycles. The first-order valence-corrected chi connectivity index (χ1v) is 10.0. The van der Waals surface area contributed by atoms with Crippen molar-refractivity contribution in [2.24, 2.45) is 0 Å². The van der Waals surface area contributed by atoms with E-state index in [9.17, 15) is 23.1 Å². The lowest BCUT2D eigenvalue weighted by molar-refractivity contribution is -0.138. The second-order valence-electron chi connectivity index (χ2n) is 8.31. The Bertz CT molecular complexity index is 1220. The van der Waals surface area contributed by atoms with Crippen LogP contribution in [-0.4, -0.2) is 19.6 Å². The standard InChI is InChI=1S/C22H23F3N4O2/c1-12-14(6-4-7-16(12)22(23,24)25)20(31)28-19-15-11-29(21(3)8-5-9-21)18(30)10-17(15)26-13(2)27-19/h4,6-7,10-11,20,31H,5,8-9H2,1-3H3,(H,26,27,28)/t20-/m1/s1. The zero-order valence-electron chi connectivity index (χ0n) is 17.4. The molecular formula is C22H23F3N4O2. The van der Waals surface area contributed by atoms with Gasteiger partial charge in [0.1, 0.15) is 11.6 Å². The minimum Gasteiger partial charge on any atom is -0.369 e. The summed E-state index contributed by atoms with van der Waals surface area (Å²) in [5.41, 5.74) is -0.826. The molecule has 1 fully saturated rings. The maximum Gasteiger partial charge on any atom is 0.416 e. The smallest absolute Gasteiger partial charge is 0.369 e. The first-order chi connectivity index (χ1) is 14.5. The molecule has 3 aromatic rings. The van der Waals surface area contributed by atoms with Crippen molar-refractivity contribution in [1.82, 2.24) is 14.5 Å². The second kappa shape index (κ2) is 7.33. The van der Waals surface area contributed by atoms with Crippen LogP contribution in [-0.2, 0) is 11.7 Å². The average Bonchev–Trinajstić information content (AvgIpc) is 2.64. The number of hydrogen-bond donors (Lipinski definition) is 2. The Labute approximate surface area is 176 Å². The fraction of sp³-hybridized carbons (Fsp3) is 0.409. The molecule has 0 radical (unpaired) electrons. The molecule has 1 atom stereocenters. The van der Waals surface area contributed by atoms with Gasteiger partial charge in [-0.2, -0.15) is 13.2 Å². The Balaban J connectivity index is 1.78. The van der Waals surface area contributed by atoms with Crippen molar-refractivity contribution in [3.05, 3.63) is 63.3 Å². The lowest BCUT2D eigenvalue weighted by Gasteiger charge is -2.40. The van der Waals surface area contributed by atoms with E-state index in [1.165, 1.54) is 25.1 Å². The van der Waals surface area contributed by atoms with E-state index >= 15 is 0 Å². The van der Waals surface area contributed by atoms with Crippen LogP contribution in [0.25, 0.3) is 10.9 Å². The summed E-state index contributed by atoms with van der Waals surface area (Å²) < 4.78 is 41.4. The van der Waals surface area contributed by atoms with E-state index in [1.807, 2.05) is 6.92 Å². The average molecular weight is 432 g/mol. The van der Waals surface area contributed by atoms with Gasteiger partial charge < -0.3 is 15.0 Å². The Hall–Kier alpha value is -2.94. The van der Waals surface area contributed by atoms with Crippen LogP contribution in [0.3, 0.4) is 0 Å². The van der Waals surface area contributed by atoms with Gasteiger partial charge in [0.25, 0.3) is 5.56 Å². The molecule has 4 rings (SSSR count). The molecule has 0 unspecified atom stereocenters. The topological polar surface area (TPSA) is 80.0 Å². The molecule has 0 aliphatic heterocycles. The molecular weight excluding hydrogens is 409 g/mol. The quantitative estimate of drug-likeness (QED) is 0.597. The van der Waals surface area contributed by atoms with Crippen molar-refractivity contribution < 1.29 is 18.3 Å². The maximum absolute atomic E-state index is 13.3. The molecule has 0 bridgehead atoms. The molecule has 31 heavy (non-hydrogen) atoms. The third-order valence-electron chi connectivity index (χ3n) is 6.10. The number of rotatable bonds is 4. The fourth-order valence-corrected chi connectivity index (χ4v) is 4.14. The monoisotopic (exact) mass is 432 g/mol. The minimum absolute atomic E-state index is 0.0658. The van der Waals surface area contributed by atoms with Gasteiger partial charge in [0.05, 0.1) is 16.5 Å². The maximum atomic E-state index is 13.3. The van der Waals surface area contributed by atoms with Crippen LogP contribution in [0.2, 0.25) is 0 Å². The SMILES string of the molecule is Cc1nc(N[C@H](O)c2cccc(C(F)(F)F)c2C)c2cn(C3(C)CCC3)c(=O)cc2n1. The summed E-state index contributed by atoms with van der Waals surface area (Å²) >= 11 is 0. The predicted molar refractivity (Wildman–Crippen MR) is 111 cm³/mol. The Kier molecular flexibility index (Phi) is 5.04. The number of hydrogen-bond acceptors (Lipinski definition) is 5. The van der Waals surface area contributed by atoms with E-state index in [2.05, 4.69) is 15.3 Å². The Morgan fingerprint density at radius 1 is 1.23 bits per heavy atom. The molecule has 6 nitrogen and oxygen atoms in total. The van der Waals surface area contributed by atoms with Crippen LogP contribution in [0.1, 0.15) is 54.9 Å². The Morgan fingerprint density at radius 2 is 1.94 bits per heavy atom. The van der Waals surface area contributed by atoms with Crippen molar-refractivity contribution in [1.29, 1.82) is 0 Å². The van der Waals surface area contributed by atoms with E-state index < -0.39 is 18.0 Å². The van der Waals surface area contributed by atoms with Gasteiger partial charge in [-0.3, -0.25) is 4.79 Å². The van der Waals surface area contributed by atoms with Crippen LogP contribution >= 0.6 is 0 Å². The van der Waals surface area contributed by atoms with Crippen molar-refractivity contribution in [3.8, 4) is 0 Å². The summed E-state index contributed by atoms with van der Waals surface area (Å²) in [5, 5.41) is 14.1. The number of aliphatic hydroxyl groups excluding tert-OH is 1. The Morgan fingerprint density at radius 3 is 2.55 bits per heavy atom. The van der Waals surface area contributed by atoms with E-state index in [4.69, 9.17) is 0 Å². The number of halogens is 3. The van der Waals surface area contributed by atoms with Crippen LogP contribution in [0.5, 0.6) is 0 Å². The molecule has 0 spiro atoms. The number of alkyl halides is 3. The molecule has 164 valence electrons. The zero-order chi connectivity index (χ0) is 22.6. The minimum atomic E-state index is -4.52. The first kappa shape index (κ1) is 21.3. The van der Waals surface area contributed by atoms with Gasteiger partial charge in [0.2, 0.25) is 0 Å². The van der Waals surface area contributed by atoms with E-state index in [-0.39, 0.29) is 28.0 Å². The lowest BCUT2D eigenvalue weighted by Crippen LogP contribution is -2.43. The van der Waals surface area contributed by atoms with Gasteiger partial charge in [-0.05, 0) is 51.7 Å². The summed E-state index contributed by atoms with van der Waals surface area (Å²) in [6.07, 6.45) is -1.50. The molecule has 1 aliphatic carbocycles. The summed E-state index contributed by atoms with van der Waals surface area (Å²) in [5.74, 6) is 0.624. The number of nitrogens with zero attached hydrogens (tertiary/aromatic N) is 3. The van der Waals surface area contributed by atoms with Gasteiger partial charge in [-0.15, -0.1) is 0 Å². The number of aromatic nitrogens is 3. The van der Waals surface area contributed by atoms with Gasteiger partial charge in [0.15, 0.2) is 6.23 Å². The molecule has 1 saturated carbocycles. The molecule has 1 aromatic carbocycles. The van der Waals surface area contributed by atoms with E-state index in [0.29, 0.717) is 16.7 Å². The third kappa shape index (κ3) is 3.78. The number of nitrogens with one attached hydrogen (secondary N) is 1. The number of fused-ring (bicyclic) bond motifs is 1. The van der Waals surface area contributed by atoms with Crippen molar-refractivity contribution >= 4 is 16.7 Å². The molecule has 1 aliphatic rings. The number of benzene rings is 1. The summed E-state index contributed by atoms with van der Waals surface area (Å²) in [6.45, 7) is 4.97. The van der Waals surface area contributed by atoms with Crippen molar-refractivity contribution in [3.63, 3.8) is 0 Å². The highest BCUT2D eigenvalue weighted by atomic mass is 19.4. The van der Waals surface area contributed by atoms with Gasteiger partial charge >= 0.3 is 6.18 Å². The summed E-state index contributed by atoms with van der Waals surface area (Å²) in [6, 6.07) is 5.10. The largest absolute Gasteiger partial charge is 0.416 e. The van der Waals surface area contributed by atoms with Crippen LogP contribution < -0.4 is 10.9 Å². The number of aryl methyl sites for hydroxylation is 1. The van der Waals surface area contributed by atoms with Gasteiger partial charge in [-0.1, -0.05) is 12.1 Å². The van der Waals surface area contributed by atoms with E-state index in [0.717, 1.165) is 25.3 Å². The first-order valence-electron chi connectivity index (χ1n) is 10.0. The number of aliphatic hydroxyl groups is 1. The zero-order valence-corrected chi connectivity index (χ0v) is 17.4.